The lowest BCUT2D eigenvalue weighted by molar-refractivity contribution is 0.310. The molecule has 8 nitrogen and oxygen atoms in total. The molecule has 122 valence electrons. The number of aromatic nitrogens is 3. The largest absolute Gasteiger partial charge is 0.492 e. The molecule has 0 aliphatic heterocycles. The topological polar surface area (TPSA) is 101 Å². The lowest BCUT2D eigenvalue weighted by Crippen LogP contribution is -2.15. The van der Waals surface area contributed by atoms with Crippen molar-refractivity contribution in [2.45, 2.75) is 13.8 Å². The van der Waals surface area contributed by atoms with Crippen LogP contribution in [0.25, 0.3) is 0 Å². The van der Waals surface area contributed by atoms with Crippen molar-refractivity contribution in [3.63, 3.8) is 0 Å². The minimum Gasteiger partial charge on any atom is -0.492 e. The number of anilines is 1. The van der Waals surface area contributed by atoms with Crippen molar-refractivity contribution >= 4 is 28.1 Å². The molecule has 0 fully saturated rings. The molecule has 1 aromatic carbocycles. The number of benzene rings is 1. The first kappa shape index (κ1) is 16.9. The van der Waals surface area contributed by atoms with Crippen LogP contribution in [0.1, 0.15) is 18.2 Å². The molecule has 1 heterocycles. The third-order valence-corrected chi connectivity index (χ3v) is 3.37. The molecule has 9 heteroatoms. The van der Waals surface area contributed by atoms with Crippen LogP contribution >= 0.6 is 15.9 Å². The number of rotatable bonds is 6. The van der Waals surface area contributed by atoms with Gasteiger partial charge in [0, 0.05) is 0 Å². The van der Waals surface area contributed by atoms with Crippen LogP contribution in [-0.4, -0.2) is 35.1 Å². The second-order valence-corrected chi connectivity index (χ2v) is 5.28. The maximum Gasteiger partial charge on any atom is 0.274 e. The predicted octanol–water partition coefficient (Wildman–Crippen LogP) is 2.09. The summed E-state index contributed by atoms with van der Waals surface area (Å²) in [6.07, 6.45) is 1.56. The Balaban J connectivity index is 2.18. The number of aryl methyl sites for hydroxylation is 1. The molecule has 0 radical (unpaired) electrons. The van der Waals surface area contributed by atoms with Gasteiger partial charge in [-0.25, -0.2) is 5.43 Å². The quantitative estimate of drug-likeness (QED) is 0.586. The van der Waals surface area contributed by atoms with Crippen molar-refractivity contribution in [2.75, 3.05) is 19.1 Å². The van der Waals surface area contributed by atoms with Crippen LogP contribution in [0.5, 0.6) is 11.5 Å². The Morgan fingerprint density at radius 3 is 2.87 bits per heavy atom. The number of nitrogens with one attached hydrogen (secondary N) is 2. The molecule has 0 aliphatic carbocycles. The van der Waals surface area contributed by atoms with E-state index in [0.717, 1.165) is 10.0 Å². The highest BCUT2D eigenvalue weighted by molar-refractivity contribution is 9.10. The molecule has 23 heavy (non-hydrogen) atoms. The molecule has 1 aromatic heterocycles. The second-order valence-electron chi connectivity index (χ2n) is 4.43. The molecule has 2 rings (SSSR count). The van der Waals surface area contributed by atoms with Crippen molar-refractivity contribution in [2.24, 2.45) is 5.10 Å². The van der Waals surface area contributed by atoms with E-state index in [9.17, 15) is 4.79 Å². The summed E-state index contributed by atoms with van der Waals surface area (Å²) >= 11 is 3.43. The highest BCUT2D eigenvalue weighted by Gasteiger charge is 2.10. The van der Waals surface area contributed by atoms with Crippen molar-refractivity contribution < 1.29 is 9.47 Å². The molecule has 0 aliphatic rings. The van der Waals surface area contributed by atoms with Gasteiger partial charge >= 0.3 is 0 Å². The van der Waals surface area contributed by atoms with Crippen molar-refractivity contribution in [1.29, 1.82) is 0 Å². The van der Waals surface area contributed by atoms with E-state index >= 15 is 0 Å². The number of aromatic amines is 1. The van der Waals surface area contributed by atoms with Crippen LogP contribution in [0.3, 0.4) is 0 Å². The lowest BCUT2D eigenvalue weighted by Gasteiger charge is -2.11. The van der Waals surface area contributed by atoms with E-state index in [1.807, 2.05) is 13.0 Å². The smallest absolute Gasteiger partial charge is 0.274 e. The predicted molar refractivity (Wildman–Crippen MR) is 90.5 cm³/mol. The first-order chi connectivity index (χ1) is 11.0. The fourth-order valence-corrected chi connectivity index (χ4v) is 2.36. The molecule has 0 amide bonds. The summed E-state index contributed by atoms with van der Waals surface area (Å²) in [6.45, 7) is 3.98. The highest BCUT2D eigenvalue weighted by Crippen LogP contribution is 2.36. The van der Waals surface area contributed by atoms with Gasteiger partial charge in [0.1, 0.15) is 5.69 Å². The zero-order valence-electron chi connectivity index (χ0n) is 12.9. The van der Waals surface area contributed by atoms with Crippen molar-refractivity contribution in [3.8, 4) is 11.5 Å². The third-order valence-electron chi connectivity index (χ3n) is 2.78. The Hall–Kier alpha value is -2.42. The van der Waals surface area contributed by atoms with Gasteiger partial charge in [-0.15, -0.1) is 10.2 Å². The molecule has 0 bridgehead atoms. The molecular weight excluding hydrogens is 366 g/mol. The third kappa shape index (κ3) is 4.28. The van der Waals surface area contributed by atoms with E-state index in [1.54, 1.807) is 26.3 Å². The van der Waals surface area contributed by atoms with Crippen molar-refractivity contribution in [1.82, 2.24) is 15.2 Å². The minimum absolute atomic E-state index is 0.162. The van der Waals surface area contributed by atoms with Crippen LogP contribution in [0.2, 0.25) is 0 Å². The Labute approximate surface area is 141 Å². The molecule has 2 aromatic rings. The first-order valence-electron chi connectivity index (χ1n) is 6.78. The molecule has 0 unspecified atom stereocenters. The number of nitrogens with zero attached hydrogens (tertiary/aromatic N) is 3. The van der Waals surface area contributed by atoms with Crippen LogP contribution in [0, 0.1) is 6.92 Å². The zero-order valence-corrected chi connectivity index (χ0v) is 14.5. The monoisotopic (exact) mass is 381 g/mol. The summed E-state index contributed by atoms with van der Waals surface area (Å²) in [7, 11) is 1.57. The molecule has 0 spiro atoms. The van der Waals surface area contributed by atoms with E-state index in [1.165, 1.54) is 0 Å². The molecule has 0 atom stereocenters. The summed E-state index contributed by atoms with van der Waals surface area (Å²) < 4.78 is 11.6. The average molecular weight is 382 g/mol. The summed E-state index contributed by atoms with van der Waals surface area (Å²) in [5.41, 5.74) is 3.36. The minimum atomic E-state index is -0.316. The molecule has 0 saturated carbocycles. The Morgan fingerprint density at radius 1 is 1.43 bits per heavy atom. The van der Waals surface area contributed by atoms with Gasteiger partial charge in [-0.2, -0.15) is 5.10 Å². The molecule has 0 saturated heterocycles. The van der Waals surface area contributed by atoms with Crippen LogP contribution in [0.4, 0.5) is 5.95 Å². The van der Waals surface area contributed by atoms with Gasteiger partial charge in [-0.05, 0) is 47.5 Å². The molecule has 2 N–H and O–H groups in total. The number of methoxy groups -OCH3 is 1. The van der Waals surface area contributed by atoms with E-state index in [4.69, 9.17) is 9.47 Å². The van der Waals surface area contributed by atoms with Gasteiger partial charge in [0.15, 0.2) is 11.5 Å². The summed E-state index contributed by atoms with van der Waals surface area (Å²) in [5, 5.41) is 11.5. The van der Waals surface area contributed by atoms with E-state index in [0.29, 0.717) is 23.8 Å². The van der Waals surface area contributed by atoms with E-state index in [-0.39, 0.29) is 11.5 Å². The van der Waals surface area contributed by atoms with Gasteiger partial charge in [0.25, 0.3) is 5.56 Å². The van der Waals surface area contributed by atoms with Crippen molar-refractivity contribution in [3.05, 3.63) is 38.2 Å². The SMILES string of the molecule is CCOc1cc(/C=N/Nc2nnc(C)c(=O)[nH]2)cc(Br)c1OC. The normalized spacial score (nSPS) is 10.8. The van der Waals surface area contributed by atoms with Gasteiger partial charge in [-0.3, -0.25) is 9.78 Å². The summed E-state index contributed by atoms with van der Waals surface area (Å²) in [5.74, 6) is 1.38. The van der Waals surface area contributed by atoms with Gasteiger partial charge in [-0.1, -0.05) is 0 Å². The number of halogens is 1. The highest BCUT2D eigenvalue weighted by atomic mass is 79.9. The standard InChI is InChI=1S/C14H16BrN5O3/c1-4-23-11-6-9(5-10(15)12(11)22-3)7-16-19-14-17-13(21)8(2)18-20-14/h5-7H,4H2,1-3H3,(H2,17,19,20,21)/b16-7+. The average Bonchev–Trinajstić information content (AvgIpc) is 2.51. The second kappa shape index (κ2) is 7.73. The number of hydrogen-bond acceptors (Lipinski definition) is 7. The summed E-state index contributed by atoms with van der Waals surface area (Å²) in [6, 6.07) is 3.62. The fourth-order valence-electron chi connectivity index (χ4n) is 1.74. The van der Waals surface area contributed by atoms with Crippen LogP contribution < -0.4 is 20.5 Å². The molecular formula is C14H16BrN5O3. The number of H-pyrrole nitrogens is 1. The first-order valence-corrected chi connectivity index (χ1v) is 7.57. The maximum absolute atomic E-state index is 11.4. The summed E-state index contributed by atoms with van der Waals surface area (Å²) in [4.78, 5) is 13.9. The van der Waals surface area contributed by atoms with Crippen LogP contribution in [-0.2, 0) is 0 Å². The van der Waals surface area contributed by atoms with Gasteiger partial charge < -0.3 is 9.47 Å². The van der Waals surface area contributed by atoms with E-state index in [2.05, 4.69) is 41.6 Å². The number of ether oxygens (including phenoxy) is 2. The number of hydrogen-bond donors (Lipinski definition) is 2. The van der Waals surface area contributed by atoms with E-state index < -0.39 is 0 Å². The van der Waals surface area contributed by atoms with Gasteiger partial charge in [0.2, 0.25) is 5.95 Å². The Morgan fingerprint density at radius 2 is 2.22 bits per heavy atom. The maximum atomic E-state index is 11.4. The lowest BCUT2D eigenvalue weighted by atomic mass is 10.2. The van der Waals surface area contributed by atoms with Crippen LogP contribution in [0.15, 0.2) is 26.5 Å². The number of hydrazone groups is 1. The Kier molecular flexibility index (Phi) is 5.69. The Bertz CT molecular complexity index is 775. The zero-order chi connectivity index (χ0) is 16.8. The van der Waals surface area contributed by atoms with Gasteiger partial charge in [0.05, 0.1) is 24.4 Å². The fraction of sp³-hybridized carbons (Fsp3) is 0.286.